The number of aromatic nitrogens is 4. The topological polar surface area (TPSA) is 90.0 Å². The van der Waals surface area contributed by atoms with Crippen LogP contribution in [-0.4, -0.2) is 69.1 Å². The molecule has 2 saturated heterocycles. The molecule has 8 nitrogen and oxygen atoms in total. The molecule has 31 heavy (non-hydrogen) atoms. The van der Waals surface area contributed by atoms with Gasteiger partial charge in [-0.2, -0.15) is 0 Å². The second-order valence-corrected chi connectivity index (χ2v) is 8.69. The number of alkyl halides is 1. The van der Waals surface area contributed by atoms with Gasteiger partial charge in [-0.15, -0.1) is 0 Å². The summed E-state index contributed by atoms with van der Waals surface area (Å²) in [7, 11) is 1.83. The van der Waals surface area contributed by atoms with Crippen molar-refractivity contribution >= 4 is 28.6 Å². The van der Waals surface area contributed by atoms with Gasteiger partial charge >= 0.3 is 0 Å². The number of anilines is 2. The Morgan fingerprint density at radius 2 is 1.94 bits per heavy atom. The number of rotatable bonds is 4. The van der Waals surface area contributed by atoms with Crippen LogP contribution in [0.5, 0.6) is 0 Å². The summed E-state index contributed by atoms with van der Waals surface area (Å²) >= 11 is 0. The molecule has 2 bridgehead atoms. The Bertz CT molecular complexity index is 1150. The molecule has 0 radical (unpaired) electrons. The van der Waals surface area contributed by atoms with Crippen LogP contribution < -0.4 is 10.2 Å². The van der Waals surface area contributed by atoms with Crippen LogP contribution in [0.4, 0.5) is 15.9 Å². The van der Waals surface area contributed by atoms with E-state index in [-0.39, 0.29) is 18.0 Å². The van der Waals surface area contributed by atoms with Crippen molar-refractivity contribution in [3.63, 3.8) is 0 Å². The highest BCUT2D eigenvalue weighted by Gasteiger charge is 2.51. The molecule has 3 aromatic heterocycles. The maximum atomic E-state index is 13.5. The first-order valence-electron chi connectivity index (χ1n) is 10.8. The molecule has 6 rings (SSSR count). The fraction of sp³-hybridized carbons (Fsp3) is 0.455. The van der Waals surface area contributed by atoms with Crippen molar-refractivity contribution in [2.75, 3.05) is 30.4 Å². The number of nitrogens with zero attached hydrogens (tertiary/aromatic N) is 5. The summed E-state index contributed by atoms with van der Waals surface area (Å²) in [4.78, 5) is 33.9. The SMILES string of the molecule is CNc1cc(-c2nc3c(N4CC5CCC(C4)N5C(=O)[C@@H]4C[C@H]4F)ccnc3[nH]2)ccn1. The summed E-state index contributed by atoms with van der Waals surface area (Å²) in [6.07, 6.45) is 4.94. The number of H-pyrrole nitrogens is 1. The number of carbonyl (C=O) groups excluding carboxylic acids is 1. The summed E-state index contributed by atoms with van der Waals surface area (Å²) in [5.41, 5.74) is 3.52. The average molecular weight is 421 g/mol. The van der Waals surface area contributed by atoms with Crippen LogP contribution in [0.15, 0.2) is 30.6 Å². The van der Waals surface area contributed by atoms with Crippen molar-refractivity contribution in [2.24, 2.45) is 5.92 Å². The molecule has 160 valence electrons. The smallest absolute Gasteiger partial charge is 0.229 e. The molecule has 9 heteroatoms. The lowest BCUT2D eigenvalue weighted by molar-refractivity contribution is -0.136. The van der Waals surface area contributed by atoms with Crippen molar-refractivity contribution in [1.29, 1.82) is 0 Å². The number of aromatic amines is 1. The number of hydrogen-bond acceptors (Lipinski definition) is 6. The summed E-state index contributed by atoms with van der Waals surface area (Å²) in [6, 6.07) is 6.13. The molecule has 2 unspecified atom stereocenters. The monoisotopic (exact) mass is 421 g/mol. The van der Waals surface area contributed by atoms with Gasteiger partial charge in [-0.25, -0.2) is 19.3 Å². The minimum Gasteiger partial charge on any atom is -0.373 e. The normalized spacial score (nSPS) is 27.0. The van der Waals surface area contributed by atoms with Gasteiger partial charge in [-0.05, 0) is 37.5 Å². The first-order valence-corrected chi connectivity index (χ1v) is 10.8. The standard InChI is InChI=1S/C22H24FN7O/c1-24-18-8-12(4-6-25-18)20-27-19-17(5-7-26-21(19)28-20)29-10-13-2-3-14(11-29)30(13)22(31)15-9-16(15)23/h4-8,13-16H,2-3,9-11H2,1H3,(H,24,25)(H,26,27,28)/t13?,14?,15-,16-/m1/s1. The highest BCUT2D eigenvalue weighted by atomic mass is 19.1. The summed E-state index contributed by atoms with van der Waals surface area (Å²) < 4.78 is 13.5. The zero-order chi connectivity index (χ0) is 21.1. The fourth-order valence-corrected chi connectivity index (χ4v) is 5.07. The van der Waals surface area contributed by atoms with Gasteiger partial charge in [0.25, 0.3) is 0 Å². The van der Waals surface area contributed by atoms with Crippen LogP contribution in [0, 0.1) is 5.92 Å². The number of piperazine rings is 1. The quantitative estimate of drug-likeness (QED) is 0.673. The van der Waals surface area contributed by atoms with Gasteiger partial charge in [0.1, 0.15) is 23.3 Å². The summed E-state index contributed by atoms with van der Waals surface area (Å²) in [5.74, 6) is 1.13. The van der Waals surface area contributed by atoms with E-state index in [1.54, 1.807) is 12.4 Å². The maximum Gasteiger partial charge on any atom is 0.229 e. The van der Waals surface area contributed by atoms with Gasteiger partial charge in [0.05, 0.1) is 11.6 Å². The third kappa shape index (κ3) is 3.02. The van der Waals surface area contributed by atoms with E-state index in [0.717, 1.165) is 60.0 Å². The number of hydrogen-bond donors (Lipinski definition) is 2. The predicted molar refractivity (Wildman–Crippen MR) is 116 cm³/mol. The molecular weight excluding hydrogens is 397 g/mol. The van der Waals surface area contributed by atoms with Gasteiger partial charge < -0.3 is 20.1 Å². The molecule has 2 N–H and O–H groups in total. The van der Waals surface area contributed by atoms with Gasteiger partial charge in [-0.1, -0.05) is 0 Å². The molecule has 2 aliphatic heterocycles. The molecule has 1 saturated carbocycles. The Morgan fingerprint density at radius 3 is 2.65 bits per heavy atom. The molecular formula is C22H24FN7O. The minimum absolute atomic E-state index is 0.0135. The molecule has 3 aliphatic rings. The molecule has 3 aromatic rings. The van der Waals surface area contributed by atoms with Crippen LogP contribution >= 0.6 is 0 Å². The van der Waals surface area contributed by atoms with Crippen molar-refractivity contribution < 1.29 is 9.18 Å². The first kappa shape index (κ1) is 18.5. The third-order valence-electron chi connectivity index (χ3n) is 6.76. The van der Waals surface area contributed by atoms with Crippen molar-refractivity contribution in [2.45, 2.75) is 37.5 Å². The molecule has 1 amide bonds. The number of imidazole rings is 1. The number of carbonyl (C=O) groups is 1. The second-order valence-electron chi connectivity index (χ2n) is 8.69. The Labute approximate surface area is 178 Å². The number of nitrogens with one attached hydrogen (secondary N) is 2. The maximum absolute atomic E-state index is 13.5. The van der Waals surface area contributed by atoms with E-state index in [2.05, 4.69) is 25.2 Å². The molecule has 0 aromatic carbocycles. The molecule has 3 fully saturated rings. The number of pyridine rings is 2. The lowest BCUT2D eigenvalue weighted by Crippen LogP contribution is -2.56. The Morgan fingerprint density at radius 1 is 1.19 bits per heavy atom. The minimum atomic E-state index is -0.941. The van der Waals surface area contributed by atoms with E-state index in [4.69, 9.17) is 4.98 Å². The molecule has 5 heterocycles. The van der Waals surface area contributed by atoms with Gasteiger partial charge in [0.2, 0.25) is 5.91 Å². The Kier molecular flexibility index (Phi) is 4.12. The number of halogens is 1. The molecule has 0 spiro atoms. The largest absolute Gasteiger partial charge is 0.373 e. The van der Waals surface area contributed by atoms with Crippen LogP contribution in [-0.2, 0) is 4.79 Å². The van der Waals surface area contributed by atoms with Crippen molar-refractivity contribution in [1.82, 2.24) is 24.8 Å². The highest BCUT2D eigenvalue weighted by molar-refractivity contribution is 5.89. The van der Waals surface area contributed by atoms with E-state index in [9.17, 15) is 9.18 Å². The van der Waals surface area contributed by atoms with Crippen molar-refractivity contribution in [3.8, 4) is 11.4 Å². The van der Waals surface area contributed by atoms with Crippen LogP contribution in [0.25, 0.3) is 22.6 Å². The van der Waals surface area contributed by atoms with E-state index >= 15 is 0 Å². The first-order chi connectivity index (χ1) is 15.1. The Hall–Kier alpha value is -3.23. The molecule has 1 aliphatic carbocycles. The summed E-state index contributed by atoms with van der Waals surface area (Å²) in [5, 5.41) is 3.05. The third-order valence-corrected chi connectivity index (χ3v) is 6.76. The van der Waals surface area contributed by atoms with Gasteiger partial charge in [0.15, 0.2) is 5.65 Å². The van der Waals surface area contributed by atoms with Gasteiger partial charge in [-0.3, -0.25) is 4.79 Å². The van der Waals surface area contributed by atoms with Crippen molar-refractivity contribution in [3.05, 3.63) is 30.6 Å². The highest BCUT2D eigenvalue weighted by Crippen LogP contribution is 2.41. The zero-order valence-electron chi connectivity index (χ0n) is 17.3. The second kappa shape index (κ2) is 6.90. The zero-order valence-corrected chi connectivity index (χ0v) is 17.3. The van der Waals surface area contributed by atoms with E-state index in [0.29, 0.717) is 6.42 Å². The lowest BCUT2D eigenvalue weighted by Gasteiger charge is -2.42. The van der Waals surface area contributed by atoms with E-state index in [1.807, 2.05) is 30.1 Å². The molecule has 4 atom stereocenters. The van der Waals surface area contributed by atoms with Crippen LogP contribution in [0.2, 0.25) is 0 Å². The lowest BCUT2D eigenvalue weighted by atomic mass is 10.1. The number of amides is 1. The number of fused-ring (bicyclic) bond motifs is 3. The van der Waals surface area contributed by atoms with Crippen LogP contribution in [0.3, 0.4) is 0 Å². The average Bonchev–Trinajstić information content (AvgIpc) is 3.25. The predicted octanol–water partition coefficient (Wildman–Crippen LogP) is 2.60. The Balaban J connectivity index is 1.30. The van der Waals surface area contributed by atoms with E-state index < -0.39 is 12.1 Å². The van der Waals surface area contributed by atoms with E-state index in [1.165, 1.54) is 0 Å². The summed E-state index contributed by atoms with van der Waals surface area (Å²) in [6.45, 7) is 1.48. The van der Waals surface area contributed by atoms with Crippen LogP contribution in [0.1, 0.15) is 19.3 Å². The van der Waals surface area contributed by atoms with Gasteiger partial charge in [0, 0.05) is 50.2 Å². The fourth-order valence-electron chi connectivity index (χ4n) is 5.07.